The summed E-state index contributed by atoms with van der Waals surface area (Å²) in [4.78, 5) is 51.8. The fourth-order valence-corrected chi connectivity index (χ4v) is 7.49. The van der Waals surface area contributed by atoms with E-state index in [-0.39, 0.29) is 24.2 Å². The summed E-state index contributed by atoms with van der Waals surface area (Å²) in [6, 6.07) is 8.34. The normalized spacial score (nSPS) is 38.1. The summed E-state index contributed by atoms with van der Waals surface area (Å²) >= 11 is 0. The van der Waals surface area contributed by atoms with Gasteiger partial charge in [0, 0.05) is 37.0 Å². The molecule has 8 atom stereocenters. The van der Waals surface area contributed by atoms with E-state index in [0.717, 1.165) is 0 Å². The Morgan fingerprint density at radius 2 is 1.65 bits per heavy atom. The zero-order valence-electron chi connectivity index (χ0n) is 23.8. The summed E-state index contributed by atoms with van der Waals surface area (Å²) < 4.78 is 17.2. The topological polar surface area (TPSA) is 136 Å². The van der Waals surface area contributed by atoms with E-state index in [0.29, 0.717) is 0 Å². The molecule has 0 amide bonds. The quantitative estimate of drug-likeness (QED) is 0.318. The average Bonchev–Trinajstić information content (AvgIpc) is 2.87. The maximum Gasteiger partial charge on any atom is 0.338 e. The molecule has 0 spiro atoms. The van der Waals surface area contributed by atoms with E-state index >= 15 is 0 Å². The molecular formula is C31H38O9. The molecule has 9 nitrogen and oxygen atoms in total. The lowest BCUT2D eigenvalue weighted by Crippen LogP contribution is -2.76. The Kier molecular flexibility index (Phi) is 7.39. The zero-order chi connectivity index (χ0) is 29.8. The number of benzene rings is 1. The van der Waals surface area contributed by atoms with Crippen molar-refractivity contribution in [2.75, 3.05) is 0 Å². The van der Waals surface area contributed by atoms with Crippen molar-refractivity contribution in [1.29, 1.82) is 0 Å². The predicted octanol–water partition coefficient (Wildman–Crippen LogP) is 3.53. The van der Waals surface area contributed by atoms with Crippen molar-refractivity contribution in [3.63, 3.8) is 0 Å². The van der Waals surface area contributed by atoms with Gasteiger partial charge in [0.15, 0.2) is 11.4 Å². The molecule has 1 aromatic carbocycles. The van der Waals surface area contributed by atoms with E-state index in [1.807, 2.05) is 0 Å². The Balaban J connectivity index is 1.97. The number of hydrogen-bond acceptors (Lipinski definition) is 9. The lowest BCUT2D eigenvalue weighted by Gasteiger charge is -2.65. The number of ketones is 1. The van der Waals surface area contributed by atoms with Crippen LogP contribution in [0.25, 0.3) is 0 Å². The fraction of sp³-hybridized carbons (Fsp3) is 0.548. The van der Waals surface area contributed by atoms with Gasteiger partial charge in [0.05, 0.1) is 11.0 Å². The summed E-state index contributed by atoms with van der Waals surface area (Å²) in [5, 5.41) is 23.8. The van der Waals surface area contributed by atoms with E-state index < -0.39 is 75.7 Å². The second-order valence-corrected chi connectivity index (χ2v) is 12.4. The van der Waals surface area contributed by atoms with E-state index in [4.69, 9.17) is 14.2 Å². The van der Waals surface area contributed by atoms with Gasteiger partial charge in [-0.05, 0) is 37.5 Å². The van der Waals surface area contributed by atoms with Crippen molar-refractivity contribution in [2.45, 2.75) is 78.3 Å². The molecular weight excluding hydrogens is 516 g/mol. The molecule has 1 aromatic rings. The molecule has 2 fully saturated rings. The van der Waals surface area contributed by atoms with Crippen LogP contribution in [0.1, 0.15) is 64.7 Å². The van der Waals surface area contributed by atoms with E-state index in [1.54, 1.807) is 64.1 Å². The number of fused-ring (bicyclic) bond motifs is 3. The third-order valence-corrected chi connectivity index (χ3v) is 9.33. The minimum atomic E-state index is -2.30. The molecule has 3 aliphatic rings. The highest BCUT2D eigenvalue weighted by molar-refractivity contribution is 5.97. The first-order valence-electron chi connectivity index (χ1n) is 13.5. The van der Waals surface area contributed by atoms with Crippen LogP contribution in [-0.4, -0.2) is 57.8 Å². The molecule has 0 heterocycles. The Hall–Kier alpha value is -3.30. The van der Waals surface area contributed by atoms with Gasteiger partial charge < -0.3 is 24.4 Å². The number of esters is 3. The van der Waals surface area contributed by atoms with E-state index in [1.165, 1.54) is 19.9 Å². The van der Waals surface area contributed by atoms with Crippen LogP contribution in [0.2, 0.25) is 0 Å². The van der Waals surface area contributed by atoms with Crippen LogP contribution in [0, 0.1) is 28.1 Å². The minimum Gasteiger partial charge on any atom is -0.459 e. The first kappa shape index (κ1) is 29.7. The fourth-order valence-electron chi connectivity index (χ4n) is 7.49. The SMILES string of the molecule is C=C[C@@]1(C)C[C@@H](OC(=O)c2ccccc2)[C@@H]2[C@@]3(C)C=C(OC(C)=O)C(O)C(C)(C)[C@@H]3C[C@@H](OC(C)=O)[C@@]2(O)C1=O. The number of hydrogen-bond donors (Lipinski definition) is 2. The van der Waals surface area contributed by atoms with Crippen molar-refractivity contribution >= 4 is 23.7 Å². The van der Waals surface area contributed by atoms with Crippen LogP contribution in [0.5, 0.6) is 0 Å². The molecule has 0 radical (unpaired) electrons. The average molecular weight is 555 g/mol. The van der Waals surface area contributed by atoms with Crippen molar-refractivity contribution in [1.82, 2.24) is 0 Å². The zero-order valence-corrected chi connectivity index (χ0v) is 23.8. The number of Topliss-reactive ketones (excluding diaryl/α,β-unsaturated/α-hetero) is 1. The third kappa shape index (κ3) is 4.49. The van der Waals surface area contributed by atoms with Crippen molar-refractivity contribution in [2.24, 2.45) is 28.1 Å². The Morgan fingerprint density at radius 1 is 1.02 bits per heavy atom. The molecule has 1 unspecified atom stereocenters. The van der Waals surface area contributed by atoms with Gasteiger partial charge in [0.25, 0.3) is 0 Å². The number of ether oxygens (including phenoxy) is 3. The summed E-state index contributed by atoms with van der Waals surface area (Å²) in [6.07, 6.45) is -0.534. The molecule has 0 saturated heterocycles. The van der Waals surface area contributed by atoms with Crippen LogP contribution >= 0.6 is 0 Å². The van der Waals surface area contributed by atoms with Crippen molar-refractivity contribution in [3.05, 3.63) is 60.4 Å². The van der Waals surface area contributed by atoms with Gasteiger partial charge in [0.1, 0.15) is 24.1 Å². The molecule has 9 heteroatoms. The summed E-state index contributed by atoms with van der Waals surface area (Å²) in [5.74, 6) is -4.23. The largest absolute Gasteiger partial charge is 0.459 e. The highest BCUT2D eigenvalue weighted by Crippen LogP contribution is 2.65. The molecule has 3 aliphatic carbocycles. The molecule has 0 bridgehead atoms. The lowest BCUT2D eigenvalue weighted by atomic mass is 9.41. The number of carbonyl (C=O) groups excluding carboxylic acids is 4. The maximum absolute atomic E-state index is 14.2. The van der Waals surface area contributed by atoms with Crippen molar-refractivity contribution in [3.8, 4) is 0 Å². The monoisotopic (exact) mass is 554 g/mol. The number of aliphatic hydroxyl groups is 2. The Labute approximate surface area is 234 Å². The van der Waals surface area contributed by atoms with Gasteiger partial charge in [-0.3, -0.25) is 14.4 Å². The van der Waals surface area contributed by atoms with Crippen LogP contribution in [-0.2, 0) is 28.6 Å². The van der Waals surface area contributed by atoms with Crippen LogP contribution < -0.4 is 0 Å². The smallest absolute Gasteiger partial charge is 0.338 e. The molecule has 4 rings (SSSR count). The Morgan fingerprint density at radius 3 is 2.20 bits per heavy atom. The van der Waals surface area contributed by atoms with E-state index in [2.05, 4.69) is 6.58 Å². The summed E-state index contributed by atoms with van der Waals surface area (Å²) in [6.45, 7) is 13.2. The third-order valence-electron chi connectivity index (χ3n) is 9.33. The van der Waals surface area contributed by atoms with Gasteiger partial charge in [-0.25, -0.2) is 4.79 Å². The second-order valence-electron chi connectivity index (χ2n) is 12.4. The molecule has 2 N–H and O–H groups in total. The number of rotatable bonds is 5. The highest BCUT2D eigenvalue weighted by atomic mass is 16.6. The minimum absolute atomic E-state index is 0.00963. The number of aliphatic hydroxyl groups excluding tert-OH is 1. The highest BCUT2D eigenvalue weighted by Gasteiger charge is 2.74. The maximum atomic E-state index is 14.2. The van der Waals surface area contributed by atoms with Crippen LogP contribution in [0.4, 0.5) is 0 Å². The number of carbonyl (C=O) groups is 4. The molecule has 2 saturated carbocycles. The first-order valence-corrected chi connectivity index (χ1v) is 13.5. The first-order chi connectivity index (χ1) is 18.5. The van der Waals surface area contributed by atoms with Gasteiger partial charge >= 0.3 is 17.9 Å². The lowest BCUT2D eigenvalue weighted by molar-refractivity contribution is -0.255. The van der Waals surface area contributed by atoms with Gasteiger partial charge in [-0.15, -0.1) is 6.58 Å². The summed E-state index contributed by atoms with van der Waals surface area (Å²) in [7, 11) is 0. The predicted molar refractivity (Wildman–Crippen MR) is 143 cm³/mol. The molecule has 0 aromatic heterocycles. The molecule has 216 valence electrons. The van der Waals surface area contributed by atoms with E-state index in [9.17, 15) is 29.4 Å². The second kappa shape index (κ2) is 9.96. The van der Waals surface area contributed by atoms with Crippen LogP contribution in [0.15, 0.2) is 54.8 Å². The van der Waals surface area contributed by atoms with Crippen molar-refractivity contribution < 1.29 is 43.6 Å². The number of allylic oxidation sites excluding steroid dienone is 2. The Bertz CT molecular complexity index is 1270. The van der Waals surface area contributed by atoms with Gasteiger partial charge in [-0.1, -0.05) is 45.0 Å². The summed E-state index contributed by atoms with van der Waals surface area (Å²) in [5.41, 5.74) is -5.45. The van der Waals surface area contributed by atoms with Gasteiger partial charge in [-0.2, -0.15) is 0 Å². The van der Waals surface area contributed by atoms with Crippen LogP contribution in [0.3, 0.4) is 0 Å². The molecule has 0 aliphatic heterocycles. The standard InChI is InChI=1S/C31H38O9/c1-8-29(6)15-20(40-26(35)19-12-10-9-11-13-19)24-30(7)16-21(38-17(2)32)25(34)28(4,5)22(30)14-23(39-18(3)33)31(24,37)27(29)36/h8-13,16,20,22-25,34,37H,1,14-15H2,2-7H3/t20-,22+,23-,24-,25?,29+,30+,31+/m1/s1. The molecule has 40 heavy (non-hydrogen) atoms. The van der Waals surface area contributed by atoms with Gasteiger partial charge in [0.2, 0.25) is 0 Å².